The first-order valence-corrected chi connectivity index (χ1v) is 6.68. The number of hydrogen-bond acceptors (Lipinski definition) is 2. The topological polar surface area (TPSA) is 54.0 Å². The van der Waals surface area contributed by atoms with E-state index in [1.54, 1.807) is 24.5 Å². The molecule has 0 aliphatic heterocycles. The van der Waals surface area contributed by atoms with Crippen molar-refractivity contribution < 1.29 is 9.18 Å². The van der Waals surface area contributed by atoms with Gasteiger partial charge < -0.3 is 10.6 Å². The van der Waals surface area contributed by atoms with Crippen molar-refractivity contribution in [1.82, 2.24) is 15.6 Å². The van der Waals surface area contributed by atoms with E-state index in [0.29, 0.717) is 6.54 Å². The molecule has 2 N–H and O–H groups in total. The Morgan fingerprint density at radius 1 is 1.24 bits per heavy atom. The minimum Gasteiger partial charge on any atom is -0.334 e. The smallest absolute Gasteiger partial charge is 0.315 e. The zero-order valence-electron chi connectivity index (χ0n) is 12.1. The SMILES string of the molecule is CC(C)(NC(=O)NCc1cccnc1)c1ccc(F)cc1. The third-order valence-electron chi connectivity index (χ3n) is 3.17. The molecule has 110 valence electrons. The Labute approximate surface area is 123 Å². The Morgan fingerprint density at radius 2 is 1.95 bits per heavy atom. The standard InChI is InChI=1S/C16H18FN3O/c1-16(2,13-5-7-14(17)8-6-13)20-15(21)19-11-12-4-3-9-18-10-12/h3-10H,11H2,1-2H3,(H2,19,20,21). The van der Waals surface area contributed by atoms with E-state index in [2.05, 4.69) is 15.6 Å². The number of carbonyl (C=O) groups is 1. The van der Waals surface area contributed by atoms with Gasteiger partial charge in [-0.15, -0.1) is 0 Å². The lowest BCUT2D eigenvalue weighted by molar-refractivity contribution is 0.229. The Balaban J connectivity index is 1.93. The predicted molar refractivity (Wildman–Crippen MR) is 79.0 cm³/mol. The van der Waals surface area contributed by atoms with E-state index in [-0.39, 0.29) is 11.8 Å². The number of aromatic nitrogens is 1. The van der Waals surface area contributed by atoms with Gasteiger partial charge in [-0.1, -0.05) is 18.2 Å². The molecule has 0 atom stereocenters. The molecule has 5 heteroatoms. The van der Waals surface area contributed by atoms with Crippen molar-refractivity contribution in [2.45, 2.75) is 25.9 Å². The number of halogens is 1. The maximum Gasteiger partial charge on any atom is 0.315 e. The summed E-state index contributed by atoms with van der Waals surface area (Å²) < 4.78 is 12.9. The minimum absolute atomic E-state index is 0.284. The van der Waals surface area contributed by atoms with Crippen LogP contribution >= 0.6 is 0 Å². The Hall–Kier alpha value is -2.43. The first-order chi connectivity index (χ1) is 9.97. The third-order valence-corrected chi connectivity index (χ3v) is 3.17. The second-order valence-corrected chi connectivity index (χ2v) is 5.30. The van der Waals surface area contributed by atoms with Gasteiger partial charge in [-0.2, -0.15) is 0 Å². The van der Waals surface area contributed by atoms with Crippen LogP contribution in [0.5, 0.6) is 0 Å². The highest BCUT2D eigenvalue weighted by Crippen LogP contribution is 2.19. The first-order valence-electron chi connectivity index (χ1n) is 6.68. The minimum atomic E-state index is -0.591. The Morgan fingerprint density at radius 3 is 2.57 bits per heavy atom. The number of hydrogen-bond donors (Lipinski definition) is 2. The number of carbonyl (C=O) groups excluding carboxylic acids is 1. The number of rotatable bonds is 4. The van der Waals surface area contributed by atoms with E-state index in [9.17, 15) is 9.18 Å². The van der Waals surface area contributed by atoms with Crippen LogP contribution in [0.25, 0.3) is 0 Å². The molecule has 0 saturated heterocycles. The molecule has 0 aliphatic rings. The molecular weight excluding hydrogens is 269 g/mol. The fraction of sp³-hybridized carbons (Fsp3) is 0.250. The highest BCUT2D eigenvalue weighted by atomic mass is 19.1. The summed E-state index contributed by atoms with van der Waals surface area (Å²) in [6, 6.07) is 9.51. The Kier molecular flexibility index (Phi) is 4.52. The summed E-state index contributed by atoms with van der Waals surface area (Å²) in [7, 11) is 0. The quantitative estimate of drug-likeness (QED) is 0.908. The van der Waals surface area contributed by atoms with Crippen LogP contribution < -0.4 is 10.6 Å². The van der Waals surface area contributed by atoms with Gasteiger partial charge in [-0.25, -0.2) is 9.18 Å². The van der Waals surface area contributed by atoms with Crippen molar-refractivity contribution in [3.05, 3.63) is 65.7 Å². The lowest BCUT2D eigenvalue weighted by atomic mass is 9.94. The maximum absolute atomic E-state index is 12.9. The lowest BCUT2D eigenvalue weighted by Gasteiger charge is -2.27. The molecule has 4 nitrogen and oxygen atoms in total. The summed E-state index contributed by atoms with van der Waals surface area (Å²) in [5, 5.41) is 5.64. The van der Waals surface area contributed by atoms with Gasteiger partial charge in [0.25, 0.3) is 0 Å². The van der Waals surface area contributed by atoms with E-state index >= 15 is 0 Å². The monoisotopic (exact) mass is 287 g/mol. The Bertz CT molecular complexity index is 597. The van der Waals surface area contributed by atoms with Crippen LogP contribution in [0.4, 0.5) is 9.18 Å². The molecule has 1 aromatic heterocycles. The number of amides is 2. The van der Waals surface area contributed by atoms with Gasteiger partial charge in [0.2, 0.25) is 0 Å². The van der Waals surface area contributed by atoms with Gasteiger partial charge in [0.15, 0.2) is 0 Å². The number of pyridine rings is 1. The normalized spacial score (nSPS) is 11.0. The van der Waals surface area contributed by atoms with Crippen molar-refractivity contribution in [3.63, 3.8) is 0 Å². The maximum atomic E-state index is 12.9. The molecule has 0 spiro atoms. The van der Waals surface area contributed by atoms with E-state index in [1.165, 1.54) is 12.1 Å². The lowest BCUT2D eigenvalue weighted by Crippen LogP contribution is -2.46. The number of nitrogens with one attached hydrogen (secondary N) is 2. The van der Waals surface area contributed by atoms with Crippen LogP contribution in [0.1, 0.15) is 25.0 Å². The van der Waals surface area contributed by atoms with Crippen molar-refractivity contribution >= 4 is 6.03 Å². The summed E-state index contributed by atoms with van der Waals surface area (Å²) >= 11 is 0. The molecule has 1 heterocycles. The molecule has 0 radical (unpaired) electrons. The fourth-order valence-electron chi connectivity index (χ4n) is 1.95. The van der Waals surface area contributed by atoms with Crippen LogP contribution in [0.2, 0.25) is 0 Å². The van der Waals surface area contributed by atoms with Crippen LogP contribution in [-0.4, -0.2) is 11.0 Å². The highest BCUT2D eigenvalue weighted by Gasteiger charge is 2.22. The molecule has 0 saturated carbocycles. The molecule has 2 aromatic rings. The second-order valence-electron chi connectivity index (χ2n) is 5.30. The first kappa shape index (κ1) is 15.0. The van der Waals surface area contributed by atoms with Gasteiger partial charge in [-0.05, 0) is 43.2 Å². The average molecular weight is 287 g/mol. The van der Waals surface area contributed by atoms with Crippen molar-refractivity contribution in [1.29, 1.82) is 0 Å². The van der Waals surface area contributed by atoms with Gasteiger partial charge in [0, 0.05) is 18.9 Å². The number of benzene rings is 1. The predicted octanol–water partition coefficient (Wildman–Crippen LogP) is 2.96. The van der Waals surface area contributed by atoms with Crippen molar-refractivity contribution in [2.75, 3.05) is 0 Å². The molecule has 0 bridgehead atoms. The summed E-state index contributed by atoms with van der Waals surface area (Å²) in [5.74, 6) is -0.296. The summed E-state index contributed by atoms with van der Waals surface area (Å²) in [4.78, 5) is 15.9. The molecule has 2 amide bonds. The molecule has 0 fully saturated rings. The van der Waals surface area contributed by atoms with Crippen LogP contribution in [0.3, 0.4) is 0 Å². The molecule has 21 heavy (non-hydrogen) atoms. The number of urea groups is 1. The molecule has 2 rings (SSSR count). The van der Waals surface area contributed by atoms with Crippen LogP contribution in [0.15, 0.2) is 48.8 Å². The fourth-order valence-corrected chi connectivity index (χ4v) is 1.95. The molecule has 1 aromatic carbocycles. The number of nitrogens with zero attached hydrogens (tertiary/aromatic N) is 1. The summed E-state index contributed by atoms with van der Waals surface area (Å²) in [6.07, 6.45) is 3.38. The largest absolute Gasteiger partial charge is 0.334 e. The van der Waals surface area contributed by atoms with Gasteiger partial charge in [-0.3, -0.25) is 4.98 Å². The van der Waals surface area contributed by atoms with Gasteiger partial charge >= 0.3 is 6.03 Å². The van der Waals surface area contributed by atoms with Crippen LogP contribution in [0, 0.1) is 5.82 Å². The summed E-state index contributed by atoms with van der Waals surface area (Å²) in [5.41, 5.74) is 1.17. The van der Waals surface area contributed by atoms with Crippen molar-refractivity contribution in [3.8, 4) is 0 Å². The van der Waals surface area contributed by atoms with Gasteiger partial charge in [0.1, 0.15) is 5.82 Å². The van der Waals surface area contributed by atoms with E-state index in [1.807, 2.05) is 26.0 Å². The van der Waals surface area contributed by atoms with Gasteiger partial charge in [0.05, 0.1) is 5.54 Å². The molecular formula is C16H18FN3O. The highest BCUT2D eigenvalue weighted by molar-refractivity contribution is 5.75. The zero-order chi connectivity index (χ0) is 15.3. The van der Waals surface area contributed by atoms with Crippen molar-refractivity contribution in [2.24, 2.45) is 0 Å². The average Bonchev–Trinajstić information content (AvgIpc) is 2.46. The van der Waals surface area contributed by atoms with E-state index in [0.717, 1.165) is 11.1 Å². The van der Waals surface area contributed by atoms with Crippen LogP contribution in [-0.2, 0) is 12.1 Å². The second kappa shape index (κ2) is 6.35. The van der Waals surface area contributed by atoms with E-state index in [4.69, 9.17) is 0 Å². The van der Waals surface area contributed by atoms with E-state index < -0.39 is 5.54 Å². The molecule has 0 aliphatic carbocycles. The zero-order valence-corrected chi connectivity index (χ0v) is 12.1. The molecule has 0 unspecified atom stereocenters. The summed E-state index contributed by atoms with van der Waals surface area (Å²) in [6.45, 7) is 4.13. The third kappa shape index (κ3) is 4.27.